The van der Waals surface area contributed by atoms with E-state index in [4.69, 9.17) is 9.47 Å². The Morgan fingerprint density at radius 2 is 1.86 bits per heavy atom. The molecule has 1 aliphatic heterocycles. The summed E-state index contributed by atoms with van der Waals surface area (Å²) in [5, 5.41) is 3.21. The molecular formula is C25H33NO3. The Bertz CT molecular complexity index is 863. The fraction of sp³-hybridized carbons (Fsp3) is 0.480. The van der Waals surface area contributed by atoms with Crippen LogP contribution in [0.4, 0.5) is 0 Å². The molecule has 156 valence electrons. The summed E-state index contributed by atoms with van der Waals surface area (Å²) in [7, 11) is 1.64. The van der Waals surface area contributed by atoms with E-state index in [1.165, 1.54) is 11.1 Å². The third-order valence-corrected chi connectivity index (χ3v) is 5.47. The van der Waals surface area contributed by atoms with Crippen molar-refractivity contribution < 1.29 is 14.3 Å². The number of ether oxygens (including phenoxy) is 2. The second kappa shape index (κ2) is 8.10. The summed E-state index contributed by atoms with van der Waals surface area (Å²) in [6.45, 7) is 10.7. The molecule has 29 heavy (non-hydrogen) atoms. The predicted octanol–water partition coefficient (Wildman–Crippen LogP) is 5.34. The van der Waals surface area contributed by atoms with E-state index < -0.39 is 0 Å². The highest BCUT2D eigenvalue weighted by molar-refractivity contribution is 5.77. The number of nitrogens with one attached hydrogen (secondary N) is 1. The fourth-order valence-corrected chi connectivity index (χ4v) is 3.78. The Labute approximate surface area is 174 Å². The number of hydrogen-bond donors (Lipinski definition) is 1. The lowest BCUT2D eigenvalue weighted by atomic mass is 9.86. The quantitative estimate of drug-likeness (QED) is 0.743. The van der Waals surface area contributed by atoms with Crippen LogP contribution in [-0.4, -0.2) is 18.6 Å². The first-order valence-electron chi connectivity index (χ1n) is 10.3. The summed E-state index contributed by atoms with van der Waals surface area (Å²) in [5.74, 6) is 1.60. The van der Waals surface area contributed by atoms with E-state index in [1.54, 1.807) is 7.11 Å². The molecular weight excluding hydrogens is 362 g/mol. The number of aryl methyl sites for hydroxylation is 1. The van der Waals surface area contributed by atoms with Crippen LogP contribution in [0.5, 0.6) is 11.5 Å². The van der Waals surface area contributed by atoms with Gasteiger partial charge in [0.1, 0.15) is 17.1 Å². The van der Waals surface area contributed by atoms with Crippen molar-refractivity contribution in [1.82, 2.24) is 5.32 Å². The minimum Gasteiger partial charge on any atom is -0.497 e. The van der Waals surface area contributed by atoms with Crippen molar-refractivity contribution in [2.75, 3.05) is 7.11 Å². The van der Waals surface area contributed by atoms with Crippen molar-refractivity contribution in [2.45, 2.75) is 70.9 Å². The number of benzene rings is 2. The van der Waals surface area contributed by atoms with Crippen LogP contribution in [-0.2, 0) is 16.6 Å². The molecule has 4 heteroatoms. The number of rotatable bonds is 5. The predicted molar refractivity (Wildman–Crippen MR) is 117 cm³/mol. The molecule has 3 rings (SSSR count). The van der Waals surface area contributed by atoms with Gasteiger partial charge in [-0.3, -0.25) is 4.79 Å². The first-order chi connectivity index (χ1) is 13.6. The molecule has 0 aliphatic carbocycles. The van der Waals surface area contributed by atoms with Gasteiger partial charge >= 0.3 is 0 Å². The molecule has 0 saturated heterocycles. The van der Waals surface area contributed by atoms with Crippen molar-refractivity contribution >= 4 is 5.91 Å². The maximum absolute atomic E-state index is 12.7. The van der Waals surface area contributed by atoms with Crippen molar-refractivity contribution in [3.05, 3.63) is 59.2 Å². The molecule has 0 saturated carbocycles. The Hall–Kier alpha value is -2.49. The number of carbonyl (C=O) groups excluding carboxylic acids is 1. The van der Waals surface area contributed by atoms with Gasteiger partial charge in [0.25, 0.3) is 0 Å². The van der Waals surface area contributed by atoms with E-state index >= 15 is 0 Å². The minimum absolute atomic E-state index is 0.0598. The smallest absolute Gasteiger partial charge is 0.220 e. The number of fused-ring (bicyclic) bond motifs is 1. The van der Waals surface area contributed by atoms with Gasteiger partial charge in [-0.1, -0.05) is 45.0 Å². The number of hydrogen-bond acceptors (Lipinski definition) is 3. The van der Waals surface area contributed by atoms with Crippen molar-refractivity contribution in [3.63, 3.8) is 0 Å². The molecule has 1 N–H and O–H groups in total. The van der Waals surface area contributed by atoms with Crippen LogP contribution in [0.3, 0.4) is 0 Å². The fourth-order valence-electron chi connectivity index (χ4n) is 3.78. The Kier molecular flexibility index (Phi) is 5.92. The van der Waals surface area contributed by atoms with Gasteiger partial charge in [0.2, 0.25) is 5.91 Å². The van der Waals surface area contributed by atoms with Crippen LogP contribution in [0.2, 0.25) is 0 Å². The summed E-state index contributed by atoms with van der Waals surface area (Å²) in [6, 6.07) is 14.3. The molecule has 0 spiro atoms. The maximum atomic E-state index is 12.7. The molecule has 1 amide bonds. The van der Waals surface area contributed by atoms with Crippen molar-refractivity contribution in [3.8, 4) is 11.5 Å². The summed E-state index contributed by atoms with van der Waals surface area (Å²) in [6.07, 6.45) is 1.94. The third-order valence-electron chi connectivity index (χ3n) is 5.47. The summed E-state index contributed by atoms with van der Waals surface area (Å²) in [5.41, 5.74) is 3.29. The van der Waals surface area contributed by atoms with Gasteiger partial charge in [-0.2, -0.15) is 0 Å². The highest BCUT2D eigenvalue weighted by Gasteiger charge is 2.34. The van der Waals surface area contributed by atoms with E-state index in [1.807, 2.05) is 32.0 Å². The number of carbonyl (C=O) groups is 1. The Balaban J connectivity index is 1.65. The summed E-state index contributed by atoms with van der Waals surface area (Å²) >= 11 is 0. The number of methoxy groups -OCH3 is 1. The monoisotopic (exact) mass is 395 g/mol. The zero-order valence-corrected chi connectivity index (χ0v) is 18.5. The van der Waals surface area contributed by atoms with Gasteiger partial charge in [0.05, 0.1) is 13.2 Å². The largest absolute Gasteiger partial charge is 0.497 e. The van der Waals surface area contributed by atoms with Gasteiger partial charge < -0.3 is 14.8 Å². The maximum Gasteiger partial charge on any atom is 0.220 e. The van der Waals surface area contributed by atoms with Gasteiger partial charge in [-0.05, 0) is 48.9 Å². The summed E-state index contributed by atoms with van der Waals surface area (Å²) < 4.78 is 11.4. The van der Waals surface area contributed by atoms with Crippen LogP contribution in [0.25, 0.3) is 0 Å². The van der Waals surface area contributed by atoms with Crippen LogP contribution < -0.4 is 14.8 Å². The molecule has 2 aromatic carbocycles. The van der Waals surface area contributed by atoms with Gasteiger partial charge in [-0.25, -0.2) is 0 Å². The van der Waals surface area contributed by atoms with Gasteiger partial charge in [0.15, 0.2) is 0 Å². The lowest BCUT2D eigenvalue weighted by Crippen LogP contribution is -2.41. The van der Waals surface area contributed by atoms with Crippen molar-refractivity contribution in [1.29, 1.82) is 0 Å². The minimum atomic E-state index is -0.347. The zero-order valence-electron chi connectivity index (χ0n) is 18.5. The average Bonchev–Trinajstić information content (AvgIpc) is 2.64. The second-order valence-electron chi connectivity index (χ2n) is 9.54. The average molecular weight is 396 g/mol. The molecule has 2 aromatic rings. The first-order valence-corrected chi connectivity index (χ1v) is 10.3. The lowest BCUT2D eigenvalue weighted by molar-refractivity contribution is -0.122. The molecule has 0 unspecified atom stereocenters. The highest BCUT2D eigenvalue weighted by atomic mass is 16.5. The Morgan fingerprint density at radius 3 is 2.48 bits per heavy atom. The molecule has 1 heterocycles. The van der Waals surface area contributed by atoms with Gasteiger partial charge in [0, 0.05) is 24.5 Å². The highest BCUT2D eigenvalue weighted by Crippen LogP contribution is 2.41. The van der Waals surface area contributed by atoms with Crippen molar-refractivity contribution in [2.24, 2.45) is 0 Å². The van der Waals surface area contributed by atoms with Crippen LogP contribution in [0.1, 0.15) is 70.2 Å². The topological polar surface area (TPSA) is 47.6 Å². The van der Waals surface area contributed by atoms with Crippen LogP contribution in [0, 0.1) is 0 Å². The summed E-state index contributed by atoms with van der Waals surface area (Å²) in [4.78, 5) is 12.7. The molecule has 1 aliphatic rings. The SMILES string of the molecule is COc1ccc2c(c1)OC(C)(C)C[C@H]2NC(=O)CCc1ccc(C(C)(C)C)cc1. The first kappa shape index (κ1) is 21.2. The number of amides is 1. The van der Waals surface area contributed by atoms with Crippen LogP contribution in [0.15, 0.2) is 42.5 Å². The molecule has 0 aromatic heterocycles. The standard InChI is InChI=1S/C25H33NO3/c1-24(2,3)18-10-7-17(8-11-18)9-14-23(27)26-21-16-25(4,5)29-22-15-19(28-6)12-13-20(21)22/h7-8,10-13,15,21H,9,14,16H2,1-6H3,(H,26,27)/t21-/m1/s1. The molecule has 4 nitrogen and oxygen atoms in total. The normalized spacial score (nSPS) is 17.8. The lowest BCUT2D eigenvalue weighted by Gasteiger charge is -2.38. The zero-order chi connectivity index (χ0) is 21.2. The van der Waals surface area contributed by atoms with E-state index in [9.17, 15) is 4.79 Å². The van der Waals surface area contributed by atoms with Crippen LogP contribution >= 0.6 is 0 Å². The molecule has 0 radical (unpaired) electrons. The third kappa shape index (κ3) is 5.31. The van der Waals surface area contributed by atoms with E-state index in [0.29, 0.717) is 6.42 Å². The second-order valence-corrected chi connectivity index (χ2v) is 9.54. The van der Waals surface area contributed by atoms with E-state index in [2.05, 4.69) is 50.4 Å². The van der Waals surface area contributed by atoms with Gasteiger partial charge in [-0.15, -0.1) is 0 Å². The molecule has 0 bridgehead atoms. The van der Waals surface area contributed by atoms with E-state index in [0.717, 1.165) is 29.9 Å². The molecule has 1 atom stereocenters. The Morgan fingerprint density at radius 1 is 1.17 bits per heavy atom. The molecule has 0 fully saturated rings. The van der Waals surface area contributed by atoms with E-state index in [-0.39, 0.29) is 23.0 Å².